The van der Waals surface area contributed by atoms with E-state index in [0.717, 1.165) is 6.08 Å². The van der Waals surface area contributed by atoms with Crippen LogP contribution in [0.5, 0.6) is 0 Å². The van der Waals surface area contributed by atoms with E-state index in [1.54, 1.807) is 24.3 Å². The number of rotatable bonds is 0. The van der Waals surface area contributed by atoms with E-state index >= 15 is 0 Å². The maximum Gasteiger partial charge on any atom is 0.185 e. The Morgan fingerprint density at radius 3 is 2.14 bits per heavy atom. The zero-order valence-electron chi connectivity index (χ0n) is 8.15. The standard InChI is InChI=1S/C9H6O2.C2H6S/c10-8-5-9(11)7-4-2-1-3-6(7)8;1-3-2/h1-5,10H;1-2H3. The zero-order chi connectivity index (χ0) is 10.6. The van der Waals surface area contributed by atoms with E-state index in [1.165, 1.54) is 11.8 Å². The van der Waals surface area contributed by atoms with Crippen LogP contribution in [0.3, 0.4) is 0 Å². The second-order valence-corrected chi connectivity index (χ2v) is 3.76. The van der Waals surface area contributed by atoms with Crippen molar-refractivity contribution in [3.63, 3.8) is 0 Å². The zero-order valence-corrected chi connectivity index (χ0v) is 9.04. The van der Waals surface area contributed by atoms with Crippen molar-refractivity contribution < 1.29 is 9.90 Å². The van der Waals surface area contributed by atoms with Crippen LogP contribution in [0.4, 0.5) is 0 Å². The minimum Gasteiger partial charge on any atom is -0.872 e. The highest BCUT2D eigenvalue weighted by Crippen LogP contribution is 2.22. The van der Waals surface area contributed by atoms with Crippen LogP contribution >= 0.6 is 0 Å². The van der Waals surface area contributed by atoms with Gasteiger partial charge in [0.05, 0.1) is 12.5 Å². The molecule has 0 N–H and O–H groups in total. The summed E-state index contributed by atoms with van der Waals surface area (Å²) in [5.41, 5.74) is 1.05. The normalized spacial score (nSPS) is 12.7. The molecule has 0 amide bonds. The van der Waals surface area contributed by atoms with Crippen molar-refractivity contribution in [2.24, 2.45) is 0 Å². The molecule has 0 radical (unpaired) electrons. The van der Waals surface area contributed by atoms with Crippen LogP contribution in [0, 0.1) is 0 Å². The van der Waals surface area contributed by atoms with Gasteiger partial charge in [0, 0.05) is 5.56 Å². The number of thiol groups is 1. The molecule has 0 bridgehead atoms. The summed E-state index contributed by atoms with van der Waals surface area (Å²) in [6.07, 6.45) is 5.32. The fourth-order valence-electron chi connectivity index (χ4n) is 1.19. The van der Waals surface area contributed by atoms with E-state index in [9.17, 15) is 9.90 Å². The van der Waals surface area contributed by atoms with Crippen molar-refractivity contribution in [3.05, 3.63) is 41.5 Å². The third kappa shape index (κ3) is 2.17. The average molecular weight is 208 g/mol. The van der Waals surface area contributed by atoms with Gasteiger partial charge in [-0.25, -0.2) is 0 Å². The van der Waals surface area contributed by atoms with E-state index in [0.29, 0.717) is 11.1 Å². The fourth-order valence-corrected chi connectivity index (χ4v) is 1.19. The van der Waals surface area contributed by atoms with Gasteiger partial charge >= 0.3 is 0 Å². The van der Waals surface area contributed by atoms with Crippen LogP contribution in [0.25, 0.3) is 5.76 Å². The maximum absolute atomic E-state index is 11.0. The Morgan fingerprint density at radius 1 is 1.14 bits per heavy atom. The minimum absolute atomic E-state index is 0.175. The highest BCUT2D eigenvalue weighted by atomic mass is 32.2. The second-order valence-electron chi connectivity index (χ2n) is 2.87. The first-order valence-corrected chi connectivity index (χ1v) is 6.00. The van der Waals surface area contributed by atoms with Crippen LogP contribution in [0.15, 0.2) is 30.3 Å². The molecule has 74 valence electrons. The lowest BCUT2D eigenvalue weighted by Gasteiger charge is -2.06. The quantitative estimate of drug-likeness (QED) is 0.464. The highest BCUT2D eigenvalue weighted by Gasteiger charge is 2.13. The summed E-state index contributed by atoms with van der Waals surface area (Å²) in [5, 5.41) is 11.0. The molecule has 0 saturated carbocycles. The van der Waals surface area contributed by atoms with Crippen LogP contribution < -0.4 is 5.11 Å². The average Bonchev–Trinajstić information content (AvgIpc) is 2.45. The number of carbonyl (C=O) groups excluding carboxylic acids is 1. The molecule has 0 unspecified atom stereocenters. The first kappa shape index (κ1) is 10.9. The Bertz CT molecular complexity index is 369. The SMILES string of the molecule is C[SH+]C.O=C1C=C([O-])c2ccccc21. The summed E-state index contributed by atoms with van der Waals surface area (Å²) < 4.78 is 0. The lowest BCUT2D eigenvalue weighted by molar-refractivity contribution is -0.243. The molecule has 0 aromatic heterocycles. The van der Waals surface area contributed by atoms with Crippen LogP contribution in [-0.2, 0) is 11.8 Å². The number of ketones is 1. The predicted molar refractivity (Wildman–Crippen MR) is 59.4 cm³/mol. The van der Waals surface area contributed by atoms with Gasteiger partial charge in [-0.2, -0.15) is 0 Å². The van der Waals surface area contributed by atoms with Gasteiger partial charge in [0.2, 0.25) is 0 Å². The molecule has 1 aliphatic carbocycles. The van der Waals surface area contributed by atoms with E-state index in [4.69, 9.17) is 0 Å². The van der Waals surface area contributed by atoms with Gasteiger partial charge < -0.3 is 5.11 Å². The molecule has 1 aliphatic rings. The Morgan fingerprint density at radius 2 is 1.64 bits per heavy atom. The van der Waals surface area contributed by atoms with Gasteiger partial charge in [0.15, 0.2) is 5.78 Å². The molecule has 0 aliphatic heterocycles. The Kier molecular flexibility index (Phi) is 3.77. The number of carbonyl (C=O) groups is 1. The van der Waals surface area contributed by atoms with Gasteiger partial charge in [0.25, 0.3) is 0 Å². The van der Waals surface area contributed by atoms with Crippen molar-refractivity contribution in [1.82, 2.24) is 0 Å². The molecule has 0 saturated heterocycles. The van der Waals surface area contributed by atoms with Crippen molar-refractivity contribution in [3.8, 4) is 0 Å². The van der Waals surface area contributed by atoms with Gasteiger partial charge in [-0.1, -0.05) is 30.0 Å². The molecule has 0 atom stereocenters. The maximum atomic E-state index is 11.0. The van der Waals surface area contributed by atoms with Gasteiger partial charge in [-0.3, -0.25) is 4.79 Å². The van der Waals surface area contributed by atoms with Crippen molar-refractivity contribution >= 4 is 23.3 Å². The topological polar surface area (TPSA) is 40.1 Å². The lowest BCUT2D eigenvalue weighted by atomic mass is 10.1. The molecule has 0 heterocycles. The first-order chi connectivity index (χ1) is 6.70. The number of hydrogen-bond acceptors (Lipinski definition) is 2. The van der Waals surface area contributed by atoms with Crippen molar-refractivity contribution in [2.45, 2.75) is 0 Å². The van der Waals surface area contributed by atoms with E-state index < -0.39 is 0 Å². The molecule has 0 fully saturated rings. The third-order valence-electron chi connectivity index (χ3n) is 1.72. The number of benzene rings is 1. The fraction of sp³-hybridized carbons (Fsp3) is 0.182. The van der Waals surface area contributed by atoms with Gasteiger partial charge in [-0.15, -0.1) is 0 Å². The molecule has 1 aromatic carbocycles. The van der Waals surface area contributed by atoms with Crippen molar-refractivity contribution in [2.75, 3.05) is 12.5 Å². The highest BCUT2D eigenvalue weighted by molar-refractivity contribution is 7.76. The Hall–Kier alpha value is -1.22. The molecule has 2 rings (SSSR count). The largest absolute Gasteiger partial charge is 0.872 e. The third-order valence-corrected chi connectivity index (χ3v) is 1.72. The molecule has 1 aromatic rings. The monoisotopic (exact) mass is 208 g/mol. The van der Waals surface area contributed by atoms with E-state index in [2.05, 4.69) is 12.5 Å². The summed E-state index contributed by atoms with van der Waals surface area (Å²) in [6, 6.07) is 6.84. The Balaban J connectivity index is 0.000000293. The van der Waals surface area contributed by atoms with E-state index in [1.807, 2.05) is 0 Å². The summed E-state index contributed by atoms with van der Waals surface area (Å²) in [7, 11) is 0. The van der Waals surface area contributed by atoms with Gasteiger partial charge in [0.1, 0.15) is 0 Å². The smallest absolute Gasteiger partial charge is 0.185 e. The molecular weight excluding hydrogens is 196 g/mol. The summed E-state index contributed by atoms with van der Waals surface area (Å²) >= 11 is 1.42. The van der Waals surface area contributed by atoms with Crippen LogP contribution in [0.1, 0.15) is 15.9 Å². The number of fused-ring (bicyclic) bond motifs is 1. The van der Waals surface area contributed by atoms with Gasteiger partial charge in [-0.05, 0) is 23.4 Å². The molecule has 0 spiro atoms. The molecular formula is C11H12O2S. The number of allylic oxidation sites excluding steroid dienone is 1. The van der Waals surface area contributed by atoms with Crippen LogP contribution in [-0.4, -0.2) is 18.3 Å². The van der Waals surface area contributed by atoms with Crippen LogP contribution in [0.2, 0.25) is 0 Å². The van der Waals surface area contributed by atoms with E-state index in [-0.39, 0.29) is 11.5 Å². The van der Waals surface area contributed by atoms with Crippen molar-refractivity contribution in [1.29, 1.82) is 0 Å². The summed E-state index contributed by atoms with van der Waals surface area (Å²) in [4.78, 5) is 11.0. The molecule has 3 heteroatoms. The number of hydrogen-bond donors (Lipinski definition) is 0. The molecule has 14 heavy (non-hydrogen) atoms. The Labute approximate surface area is 87.6 Å². The second kappa shape index (κ2) is 4.86. The first-order valence-electron chi connectivity index (χ1n) is 4.21. The lowest BCUT2D eigenvalue weighted by Crippen LogP contribution is -1.98. The summed E-state index contributed by atoms with van der Waals surface area (Å²) in [6.45, 7) is 0. The summed E-state index contributed by atoms with van der Waals surface area (Å²) in [5.74, 6) is -0.351. The minimum atomic E-state index is -0.175. The molecule has 2 nitrogen and oxygen atoms in total. The predicted octanol–water partition coefficient (Wildman–Crippen LogP) is 0.645.